The molecular formula is C23H20N4O2S2. The van der Waals surface area contributed by atoms with Crippen LogP contribution < -0.4 is 10.6 Å². The van der Waals surface area contributed by atoms with Crippen LogP contribution in [0.5, 0.6) is 0 Å². The maximum atomic E-state index is 12.5. The SMILES string of the molecule is Cc1cc(C)cc(C(=O)Nc2nnc(SCC(=O)Nc3cccc4ccccc34)s2)c1. The summed E-state index contributed by atoms with van der Waals surface area (Å²) in [6.07, 6.45) is 0. The first-order valence-corrected chi connectivity index (χ1v) is 11.4. The quantitative estimate of drug-likeness (QED) is 0.309. The molecule has 2 N–H and O–H groups in total. The zero-order valence-corrected chi connectivity index (χ0v) is 18.6. The molecule has 0 bridgehead atoms. The van der Waals surface area contributed by atoms with Crippen LogP contribution in [0.3, 0.4) is 0 Å². The number of hydrogen-bond acceptors (Lipinski definition) is 6. The third-order valence-corrected chi connectivity index (χ3v) is 6.47. The Morgan fingerprint density at radius 3 is 2.48 bits per heavy atom. The van der Waals surface area contributed by atoms with Crippen molar-refractivity contribution in [3.63, 3.8) is 0 Å². The lowest BCUT2D eigenvalue weighted by Crippen LogP contribution is -2.14. The number of nitrogens with zero attached hydrogens (tertiary/aromatic N) is 2. The number of fused-ring (bicyclic) bond motifs is 1. The third-order valence-electron chi connectivity index (χ3n) is 4.50. The highest BCUT2D eigenvalue weighted by Gasteiger charge is 2.13. The molecule has 4 rings (SSSR count). The smallest absolute Gasteiger partial charge is 0.257 e. The van der Waals surface area contributed by atoms with Gasteiger partial charge in [0.05, 0.1) is 5.75 Å². The molecule has 4 aromatic rings. The molecule has 156 valence electrons. The molecule has 0 unspecified atom stereocenters. The Morgan fingerprint density at radius 1 is 0.935 bits per heavy atom. The lowest BCUT2D eigenvalue weighted by Gasteiger charge is -2.08. The summed E-state index contributed by atoms with van der Waals surface area (Å²) in [6, 6.07) is 19.4. The summed E-state index contributed by atoms with van der Waals surface area (Å²) >= 11 is 2.53. The number of aromatic nitrogens is 2. The first-order chi connectivity index (χ1) is 15.0. The summed E-state index contributed by atoms with van der Waals surface area (Å²) < 4.78 is 0.615. The monoisotopic (exact) mass is 448 g/mol. The fourth-order valence-corrected chi connectivity index (χ4v) is 4.79. The van der Waals surface area contributed by atoms with E-state index in [0.29, 0.717) is 15.0 Å². The van der Waals surface area contributed by atoms with E-state index in [0.717, 1.165) is 27.6 Å². The Bertz CT molecular complexity index is 1240. The van der Waals surface area contributed by atoms with Crippen molar-refractivity contribution in [1.29, 1.82) is 0 Å². The highest BCUT2D eigenvalue weighted by Crippen LogP contribution is 2.27. The second kappa shape index (κ2) is 9.28. The molecule has 31 heavy (non-hydrogen) atoms. The molecule has 1 aromatic heterocycles. The van der Waals surface area contributed by atoms with Crippen molar-refractivity contribution < 1.29 is 9.59 Å². The predicted molar refractivity (Wildman–Crippen MR) is 127 cm³/mol. The zero-order chi connectivity index (χ0) is 21.8. The summed E-state index contributed by atoms with van der Waals surface area (Å²) in [5.41, 5.74) is 3.41. The van der Waals surface area contributed by atoms with Gasteiger partial charge in [-0.3, -0.25) is 14.9 Å². The van der Waals surface area contributed by atoms with Crippen molar-refractivity contribution in [1.82, 2.24) is 10.2 Å². The molecule has 0 fully saturated rings. The van der Waals surface area contributed by atoms with Crippen LogP contribution in [0.4, 0.5) is 10.8 Å². The van der Waals surface area contributed by atoms with Crippen molar-refractivity contribution >= 4 is 56.5 Å². The topological polar surface area (TPSA) is 84.0 Å². The van der Waals surface area contributed by atoms with Gasteiger partial charge in [-0.1, -0.05) is 76.7 Å². The maximum Gasteiger partial charge on any atom is 0.257 e. The average Bonchev–Trinajstić information content (AvgIpc) is 3.19. The van der Waals surface area contributed by atoms with Crippen LogP contribution in [0, 0.1) is 13.8 Å². The Balaban J connectivity index is 1.34. The summed E-state index contributed by atoms with van der Waals surface area (Å²) in [5, 5.41) is 16.3. The van der Waals surface area contributed by atoms with Crippen LogP contribution in [-0.4, -0.2) is 27.8 Å². The fraction of sp³-hybridized carbons (Fsp3) is 0.130. The van der Waals surface area contributed by atoms with Crippen molar-refractivity contribution in [3.8, 4) is 0 Å². The predicted octanol–water partition coefficient (Wildman–Crippen LogP) is 5.29. The van der Waals surface area contributed by atoms with E-state index in [1.165, 1.54) is 23.1 Å². The standard InChI is InChI=1S/C23H20N4O2S2/c1-14-10-15(2)12-17(11-14)21(29)25-22-26-27-23(31-22)30-13-20(28)24-19-9-5-7-16-6-3-4-8-18(16)19/h3-12H,13H2,1-2H3,(H,24,28)(H,25,26,29). The van der Waals surface area contributed by atoms with Crippen LogP contribution in [0.1, 0.15) is 21.5 Å². The Morgan fingerprint density at radius 2 is 1.68 bits per heavy atom. The van der Waals surface area contributed by atoms with Crippen LogP contribution in [0.25, 0.3) is 10.8 Å². The fourth-order valence-electron chi connectivity index (χ4n) is 3.24. The number of aryl methyl sites for hydroxylation is 2. The van der Waals surface area contributed by atoms with Gasteiger partial charge in [-0.25, -0.2) is 0 Å². The van der Waals surface area contributed by atoms with E-state index in [1.54, 1.807) is 0 Å². The first kappa shape index (κ1) is 21.0. The van der Waals surface area contributed by atoms with Crippen LogP contribution in [-0.2, 0) is 4.79 Å². The number of carbonyl (C=O) groups excluding carboxylic acids is 2. The number of anilines is 2. The molecule has 3 aromatic carbocycles. The molecule has 8 heteroatoms. The molecule has 6 nitrogen and oxygen atoms in total. The van der Waals surface area contributed by atoms with Gasteiger partial charge >= 0.3 is 0 Å². The van der Waals surface area contributed by atoms with E-state index in [2.05, 4.69) is 20.8 Å². The Kier molecular flexibility index (Phi) is 6.29. The van der Waals surface area contributed by atoms with E-state index < -0.39 is 0 Å². The Hall–Kier alpha value is -3.23. The average molecular weight is 449 g/mol. The second-order valence-electron chi connectivity index (χ2n) is 7.07. The number of carbonyl (C=O) groups is 2. The first-order valence-electron chi connectivity index (χ1n) is 9.61. The van der Waals surface area contributed by atoms with E-state index in [9.17, 15) is 9.59 Å². The van der Waals surface area contributed by atoms with Crippen LogP contribution in [0.15, 0.2) is 65.0 Å². The molecule has 0 saturated heterocycles. The number of rotatable bonds is 6. The van der Waals surface area contributed by atoms with Crippen molar-refractivity contribution in [2.45, 2.75) is 18.2 Å². The van der Waals surface area contributed by atoms with Gasteiger partial charge in [0, 0.05) is 16.6 Å². The number of thioether (sulfide) groups is 1. The number of hydrogen-bond donors (Lipinski definition) is 2. The lowest BCUT2D eigenvalue weighted by atomic mass is 10.1. The van der Waals surface area contributed by atoms with Gasteiger partial charge < -0.3 is 5.32 Å². The number of benzene rings is 3. The van der Waals surface area contributed by atoms with Crippen LogP contribution in [0.2, 0.25) is 0 Å². The third kappa shape index (κ3) is 5.28. The van der Waals surface area contributed by atoms with E-state index in [4.69, 9.17) is 0 Å². The second-order valence-corrected chi connectivity index (χ2v) is 9.27. The molecule has 0 aliphatic carbocycles. The van der Waals surface area contributed by atoms with E-state index in [1.807, 2.05) is 74.5 Å². The van der Waals surface area contributed by atoms with E-state index >= 15 is 0 Å². The largest absolute Gasteiger partial charge is 0.325 e. The molecular weight excluding hydrogens is 428 g/mol. The molecule has 1 heterocycles. The Labute approximate surface area is 188 Å². The van der Waals surface area contributed by atoms with Crippen molar-refractivity contribution in [2.75, 3.05) is 16.4 Å². The van der Waals surface area contributed by atoms with Gasteiger partial charge in [-0.05, 0) is 37.4 Å². The number of nitrogens with one attached hydrogen (secondary N) is 2. The van der Waals surface area contributed by atoms with Crippen LogP contribution >= 0.6 is 23.1 Å². The summed E-state index contributed by atoms with van der Waals surface area (Å²) in [5.74, 6) is -0.159. The summed E-state index contributed by atoms with van der Waals surface area (Å²) in [4.78, 5) is 24.9. The van der Waals surface area contributed by atoms with Gasteiger partial charge in [0.15, 0.2) is 4.34 Å². The zero-order valence-electron chi connectivity index (χ0n) is 17.0. The molecule has 0 radical (unpaired) electrons. The summed E-state index contributed by atoms with van der Waals surface area (Å²) in [7, 11) is 0. The molecule has 0 saturated carbocycles. The molecule has 0 aliphatic heterocycles. The maximum absolute atomic E-state index is 12.5. The number of amides is 2. The highest BCUT2D eigenvalue weighted by atomic mass is 32.2. The van der Waals surface area contributed by atoms with Gasteiger partial charge in [0.2, 0.25) is 11.0 Å². The molecule has 0 aliphatic rings. The highest BCUT2D eigenvalue weighted by molar-refractivity contribution is 8.01. The molecule has 2 amide bonds. The van der Waals surface area contributed by atoms with Gasteiger partial charge in [0.1, 0.15) is 0 Å². The van der Waals surface area contributed by atoms with Crippen molar-refractivity contribution in [3.05, 3.63) is 77.4 Å². The molecule has 0 spiro atoms. The minimum Gasteiger partial charge on any atom is -0.325 e. The van der Waals surface area contributed by atoms with E-state index in [-0.39, 0.29) is 17.6 Å². The minimum atomic E-state index is -0.229. The van der Waals surface area contributed by atoms with Crippen molar-refractivity contribution in [2.24, 2.45) is 0 Å². The molecule has 0 atom stereocenters. The van der Waals surface area contributed by atoms with Gasteiger partial charge in [0.25, 0.3) is 5.91 Å². The minimum absolute atomic E-state index is 0.127. The van der Waals surface area contributed by atoms with Gasteiger partial charge in [-0.15, -0.1) is 10.2 Å². The lowest BCUT2D eigenvalue weighted by molar-refractivity contribution is -0.113. The summed E-state index contributed by atoms with van der Waals surface area (Å²) in [6.45, 7) is 3.90. The normalized spacial score (nSPS) is 10.8. The van der Waals surface area contributed by atoms with Gasteiger partial charge in [-0.2, -0.15) is 0 Å².